The van der Waals surface area contributed by atoms with Crippen LogP contribution in [0.3, 0.4) is 0 Å². The van der Waals surface area contributed by atoms with Crippen LogP contribution < -0.4 is 10.6 Å². The van der Waals surface area contributed by atoms with Crippen molar-refractivity contribution in [1.82, 2.24) is 15.2 Å². The summed E-state index contributed by atoms with van der Waals surface area (Å²) in [5.41, 5.74) is 0.244. The Labute approximate surface area is 100 Å². The van der Waals surface area contributed by atoms with Gasteiger partial charge in [-0.3, -0.25) is 14.7 Å². The first-order valence-corrected chi connectivity index (χ1v) is 5.57. The Morgan fingerprint density at radius 1 is 1.41 bits per heavy atom. The minimum atomic E-state index is -0.359. The zero-order valence-corrected chi connectivity index (χ0v) is 9.67. The van der Waals surface area contributed by atoms with Crippen molar-refractivity contribution in [2.75, 3.05) is 10.6 Å². The van der Waals surface area contributed by atoms with Crippen LogP contribution in [-0.4, -0.2) is 27.0 Å². The summed E-state index contributed by atoms with van der Waals surface area (Å²) in [5.74, 6) is -0.0916. The van der Waals surface area contributed by atoms with Gasteiger partial charge in [-0.15, -0.1) is 11.3 Å². The molecule has 0 aliphatic rings. The highest BCUT2D eigenvalue weighted by molar-refractivity contribution is 7.14. The summed E-state index contributed by atoms with van der Waals surface area (Å²) >= 11 is 1.19. The van der Waals surface area contributed by atoms with Crippen molar-refractivity contribution < 1.29 is 9.59 Å². The fraction of sp³-hybridized carbons (Fsp3) is 0.111. The van der Waals surface area contributed by atoms with Crippen LogP contribution in [0.5, 0.6) is 0 Å². The molecule has 2 amide bonds. The summed E-state index contributed by atoms with van der Waals surface area (Å²) in [6.07, 6.45) is 1.53. The number of nitrogens with one attached hydrogen (secondary N) is 3. The lowest BCUT2D eigenvalue weighted by molar-refractivity contribution is -0.114. The predicted octanol–water partition coefficient (Wildman–Crippen LogP) is 1.08. The van der Waals surface area contributed by atoms with Crippen LogP contribution in [0, 0.1) is 0 Å². The van der Waals surface area contributed by atoms with E-state index in [0.29, 0.717) is 10.9 Å². The van der Waals surface area contributed by atoms with Gasteiger partial charge in [0.15, 0.2) is 5.13 Å². The monoisotopic (exact) mass is 251 g/mol. The molecule has 0 atom stereocenters. The average molecular weight is 251 g/mol. The van der Waals surface area contributed by atoms with E-state index in [4.69, 9.17) is 0 Å². The molecule has 0 unspecified atom stereocenters. The van der Waals surface area contributed by atoms with E-state index in [0.717, 1.165) is 0 Å². The number of H-pyrrole nitrogens is 1. The lowest BCUT2D eigenvalue weighted by Crippen LogP contribution is -2.13. The number of thiazole rings is 1. The molecule has 17 heavy (non-hydrogen) atoms. The summed E-state index contributed by atoms with van der Waals surface area (Å²) in [7, 11) is 0. The van der Waals surface area contributed by atoms with Gasteiger partial charge in [-0.2, -0.15) is 5.10 Å². The van der Waals surface area contributed by atoms with Gasteiger partial charge in [-0.1, -0.05) is 0 Å². The number of nitrogens with zero attached hydrogens (tertiary/aromatic N) is 2. The molecule has 0 bridgehead atoms. The van der Waals surface area contributed by atoms with Crippen molar-refractivity contribution in [2.45, 2.75) is 6.92 Å². The molecule has 0 radical (unpaired) electrons. The number of carbonyl (C=O) groups is 2. The lowest BCUT2D eigenvalue weighted by Gasteiger charge is -1.98. The van der Waals surface area contributed by atoms with Crippen molar-refractivity contribution in [3.05, 3.63) is 23.3 Å². The highest BCUT2D eigenvalue weighted by Gasteiger charge is 2.11. The highest BCUT2D eigenvalue weighted by Crippen LogP contribution is 2.16. The molecule has 0 aliphatic carbocycles. The van der Waals surface area contributed by atoms with Crippen molar-refractivity contribution in [3.63, 3.8) is 0 Å². The smallest absolute Gasteiger partial charge is 0.276 e. The summed E-state index contributed by atoms with van der Waals surface area (Å²) in [4.78, 5) is 26.4. The first kappa shape index (κ1) is 11.3. The van der Waals surface area contributed by atoms with E-state index in [2.05, 4.69) is 25.8 Å². The Balaban J connectivity index is 2.04. The largest absolute Gasteiger partial charge is 0.306 e. The van der Waals surface area contributed by atoms with Gasteiger partial charge in [-0.25, -0.2) is 4.98 Å². The van der Waals surface area contributed by atoms with Crippen LogP contribution >= 0.6 is 11.3 Å². The molecule has 3 N–H and O–H groups in total. The second kappa shape index (κ2) is 4.74. The normalized spacial score (nSPS) is 9.94. The third-order valence-corrected chi connectivity index (χ3v) is 2.53. The van der Waals surface area contributed by atoms with E-state index >= 15 is 0 Å². The molecular formula is C9H9N5O2S. The molecule has 2 aromatic rings. The number of anilines is 2. The Kier molecular flexibility index (Phi) is 3.15. The van der Waals surface area contributed by atoms with E-state index in [1.54, 1.807) is 11.4 Å². The molecule has 7 nitrogen and oxygen atoms in total. The van der Waals surface area contributed by atoms with Crippen LogP contribution in [0.1, 0.15) is 17.4 Å². The van der Waals surface area contributed by atoms with Crippen LogP contribution in [0.15, 0.2) is 17.6 Å². The maximum Gasteiger partial charge on any atom is 0.276 e. The Bertz CT molecular complexity index is 533. The predicted molar refractivity (Wildman–Crippen MR) is 63.0 cm³/mol. The van der Waals surface area contributed by atoms with Gasteiger partial charge in [0.25, 0.3) is 5.91 Å². The number of hydrogen-bond acceptors (Lipinski definition) is 5. The highest BCUT2D eigenvalue weighted by atomic mass is 32.1. The topological polar surface area (TPSA) is 99.8 Å². The van der Waals surface area contributed by atoms with Crippen LogP contribution in [-0.2, 0) is 4.79 Å². The SMILES string of the molecule is CC(=O)Nc1nc(C(=O)Nc2ccn[nH]2)cs1. The standard InChI is InChI=1S/C9H9N5O2S/c1-5(15)11-9-12-6(4-17-9)8(16)13-7-2-3-10-14-7/h2-4H,1H3,(H,11,12,15)(H2,10,13,14,16). The molecule has 2 aromatic heterocycles. The van der Waals surface area contributed by atoms with Gasteiger partial charge in [0.2, 0.25) is 5.91 Å². The van der Waals surface area contributed by atoms with Crippen LogP contribution in [0.25, 0.3) is 0 Å². The molecule has 2 heterocycles. The number of hydrogen-bond donors (Lipinski definition) is 3. The fourth-order valence-electron chi connectivity index (χ4n) is 1.10. The van der Waals surface area contributed by atoms with Crippen molar-refractivity contribution >= 4 is 34.1 Å². The van der Waals surface area contributed by atoms with Crippen LogP contribution in [0.2, 0.25) is 0 Å². The third kappa shape index (κ3) is 2.88. The molecule has 0 saturated carbocycles. The fourth-order valence-corrected chi connectivity index (χ4v) is 1.83. The zero-order chi connectivity index (χ0) is 12.3. The number of carbonyl (C=O) groups excluding carboxylic acids is 2. The first-order chi connectivity index (χ1) is 8.15. The van der Waals surface area contributed by atoms with Gasteiger partial charge < -0.3 is 10.6 Å². The summed E-state index contributed by atoms with van der Waals surface area (Å²) in [5, 5.41) is 13.3. The number of aromatic nitrogens is 3. The molecular weight excluding hydrogens is 242 g/mol. The van der Waals surface area contributed by atoms with Gasteiger partial charge in [0.05, 0.1) is 6.20 Å². The van der Waals surface area contributed by atoms with Crippen LogP contribution in [0.4, 0.5) is 10.9 Å². The van der Waals surface area contributed by atoms with E-state index in [1.807, 2.05) is 0 Å². The van der Waals surface area contributed by atoms with E-state index in [-0.39, 0.29) is 17.5 Å². The Morgan fingerprint density at radius 2 is 2.24 bits per heavy atom. The number of aromatic amines is 1. The van der Waals surface area contributed by atoms with E-state index in [1.165, 1.54) is 24.5 Å². The second-order valence-corrected chi connectivity index (χ2v) is 4.00. The molecule has 0 aromatic carbocycles. The maximum absolute atomic E-state index is 11.7. The summed E-state index contributed by atoms with van der Waals surface area (Å²) in [6, 6.07) is 1.62. The number of rotatable bonds is 3. The van der Waals surface area contributed by atoms with Gasteiger partial charge >= 0.3 is 0 Å². The minimum absolute atomic E-state index is 0.222. The Morgan fingerprint density at radius 3 is 2.88 bits per heavy atom. The molecule has 0 fully saturated rings. The zero-order valence-electron chi connectivity index (χ0n) is 8.85. The van der Waals surface area contributed by atoms with E-state index in [9.17, 15) is 9.59 Å². The molecule has 88 valence electrons. The average Bonchev–Trinajstić information content (AvgIpc) is 2.87. The van der Waals surface area contributed by atoms with Gasteiger partial charge in [0, 0.05) is 18.4 Å². The van der Waals surface area contributed by atoms with E-state index < -0.39 is 0 Å². The maximum atomic E-state index is 11.7. The minimum Gasteiger partial charge on any atom is -0.306 e. The van der Waals surface area contributed by atoms with Crippen molar-refractivity contribution in [1.29, 1.82) is 0 Å². The van der Waals surface area contributed by atoms with Crippen molar-refractivity contribution in [3.8, 4) is 0 Å². The first-order valence-electron chi connectivity index (χ1n) is 4.69. The quantitative estimate of drug-likeness (QED) is 0.759. The summed E-state index contributed by atoms with van der Waals surface area (Å²) in [6.45, 7) is 1.38. The van der Waals surface area contributed by atoms with Gasteiger partial charge in [0.1, 0.15) is 11.5 Å². The van der Waals surface area contributed by atoms with Gasteiger partial charge in [-0.05, 0) is 0 Å². The number of amides is 2. The third-order valence-electron chi connectivity index (χ3n) is 1.77. The molecule has 2 rings (SSSR count). The second-order valence-electron chi connectivity index (χ2n) is 3.14. The molecule has 0 saturated heterocycles. The summed E-state index contributed by atoms with van der Waals surface area (Å²) < 4.78 is 0. The molecule has 0 aliphatic heterocycles. The molecule has 0 spiro atoms. The Hall–Kier alpha value is -2.22. The lowest BCUT2D eigenvalue weighted by atomic mass is 10.4. The molecule has 8 heteroatoms. The van der Waals surface area contributed by atoms with Crippen molar-refractivity contribution in [2.24, 2.45) is 0 Å².